The van der Waals surface area contributed by atoms with E-state index in [9.17, 15) is 0 Å². The van der Waals surface area contributed by atoms with Gasteiger partial charge in [-0.05, 0) is 59.7 Å². The van der Waals surface area contributed by atoms with Crippen molar-refractivity contribution in [2.24, 2.45) is 0 Å². The van der Waals surface area contributed by atoms with Crippen LogP contribution in [0.2, 0.25) is 0 Å². The van der Waals surface area contributed by atoms with E-state index in [1.165, 1.54) is 11.4 Å². The van der Waals surface area contributed by atoms with Gasteiger partial charge in [-0.3, -0.25) is 0 Å². The Hall–Kier alpha value is -3.87. The Bertz CT molecular complexity index is 1260. The van der Waals surface area contributed by atoms with Crippen LogP contribution in [0.15, 0.2) is 84.9 Å². The van der Waals surface area contributed by atoms with Crippen molar-refractivity contribution in [2.45, 2.75) is 0 Å². The third-order valence-corrected chi connectivity index (χ3v) is 7.33. The lowest BCUT2D eigenvalue weighted by Crippen LogP contribution is -2.36. The average Bonchev–Trinajstić information content (AvgIpc) is 3.02. The minimum absolute atomic E-state index is 0.779. The van der Waals surface area contributed by atoms with E-state index in [2.05, 4.69) is 82.6 Å². The van der Waals surface area contributed by atoms with Crippen LogP contribution in [0.25, 0.3) is 33.6 Å². The first-order chi connectivity index (χ1) is 18.8. The lowest BCUT2D eigenvalue weighted by atomic mass is 9.99. The molecule has 4 aromatic rings. The zero-order valence-electron chi connectivity index (χ0n) is 21.8. The van der Waals surface area contributed by atoms with Gasteiger partial charge >= 0.3 is 0 Å². The lowest BCUT2D eigenvalue weighted by Gasteiger charge is -2.29. The molecule has 194 valence electrons. The van der Waals surface area contributed by atoms with Crippen LogP contribution >= 0.6 is 0 Å². The Morgan fingerprint density at radius 3 is 1.39 bits per heavy atom. The van der Waals surface area contributed by atoms with Crippen molar-refractivity contribution in [3.05, 3.63) is 84.9 Å². The zero-order chi connectivity index (χ0) is 25.7. The second kappa shape index (κ2) is 11.3. The van der Waals surface area contributed by atoms with E-state index in [1.54, 1.807) is 7.11 Å². The van der Waals surface area contributed by atoms with Crippen LogP contribution in [0.5, 0.6) is 5.75 Å². The SMILES string of the molecule is COc1ccc(-c2cc(-c3ccc(N4CCOCC4)cc3)nc(-c3ccc(N4CCOCC4)cc3)c2)cc1. The van der Waals surface area contributed by atoms with Crippen LogP contribution in [0.1, 0.15) is 0 Å². The fourth-order valence-corrected chi connectivity index (χ4v) is 5.11. The van der Waals surface area contributed by atoms with E-state index >= 15 is 0 Å². The Balaban J connectivity index is 1.35. The molecule has 0 bridgehead atoms. The molecule has 6 nitrogen and oxygen atoms in total. The summed E-state index contributed by atoms with van der Waals surface area (Å²) in [5.74, 6) is 0.848. The molecular weight excluding hydrogens is 474 g/mol. The third-order valence-electron chi connectivity index (χ3n) is 7.33. The molecule has 6 heteroatoms. The van der Waals surface area contributed by atoms with Crippen molar-refractivity contribution >= 4 is 11.4 Å². The van der Waals surface area contributed by atoms with Gasteiger partial charge in [-0.15, -0.1) is 0 Å². The standard InChI is InChI=1S/C32H33N3O3/c1-36-30-12-6-24(7-13-30)27-22-31(25-2-8-28(9-3-25)34-14-18-37-19-15-34)33-32(23-27)26-4-10-29(11-5-26)35-16-20-38-21-17-35/h2-13,22-23H,14-21H2,1H3. The van der Waals surface area contributed by atoms with Crippen LogP contribution in [-0.4, -0.2) is 64.7 Å². The summed E-state index contributed by atoms with van der Waals surface area (Å²) in [4.78, 5) is 9.87. The van der Waals surface area contributed by atoms with Gasteiger partial charge in [-0.25, -0.2) is 4.98 Å². The number of hydrogen-bond donors (Lipinski definition) is 0. The highest BCUT2D eigenvalue weighted by molar-refractivity contribution is 5.77. The summed E-state index contributed by atoms with van der Waals surface area (Å²) in [5, 5.41) is 0. The molecule has 0 amide bonds. The molecule has 0 unspecified atom stereocenters. The molecule has 2 aliphatic heterocycles. The number of nitrogens with zero attached hydrogens (tertiary/aromatic N) is 3. The minimum atomic E-state index is 0.779. The van der Waals surface area contributed by atoms with Gasteiger partial charge in [0.15, 0.2) is 0 Å². The zero-order valence-corrected chi connectivity index (χ0v) is 21.8. The number of rotatable bonds is 6. The number of pyridine rings is 1. The van der Waals surface area contributed by atoms with Gasteiger partial charge in [0, 0.05) is 48.7 Å². The van der Waals surface area contributed by atoms with Gasteiger partial charge in [-0.1, -0.05) is 36.4 Å². The van der Waals surface area contributed by atoms with Crippen molar-refractivity contribution in [1.29, 1.82) is 0 Å². The second-order valence-electron chi connectivity index (χ2n) is 9.65. The van der Waals surface area contributed by atoms with Gasteiger partial charge in [0.1, 0.15) is 5.75 Å². The topological polar surface area (TPSA) is 47.1 Å². The first kappa shape index (κ1) is 24.5. The van der Waals surface area contributed by atoms with Crippen LogP contribution in [0, 0.1) is 0 Å². The van der Waals surface area contributed by atoms with E-state index < -0.39 is 0 Å². The fourth-order valence-electron chi connectivity index (χ4n) is 5.11. The third kappa shape index (κ3) is 5.37. The molecule has 2 saturated heterocycles. The molecule has 2 fully saturated rings. The van der Waals surface area contributed by atoms with Crippen LogP contribution in [-0.2, 0) is 9.47 Å². The first-order valence-electron chi connectivity index (χ1n) is 13.3. The van der Waals surface area contributed by atoms with Crippen LogP contribution < -0.4 is 14.5 Å². The van der Waals surface area contributed by atoms with Gasteiger partial charge in [0.05, 0.1) is 44.9 Å². The van der Waals surface area contributed by atoms with Crippen molar-refractivity contribution in [3.63, 3.8) is 0 Å². The number of hydrogen-bond acceptors (Lipinski definition) is 6. The minimum Gasteiger partial charge on any atom is -0.497 e. The molecule has 0 aliphatic carbocycles. The van der Waals surface area contributed by atoms with Gasteiger partial charge < -0.3 is 24.0 Å². The number of ether oxygens (including phenoxy) is 3. The molecule has 0 radical (unpaired) electrons. The monoisotopic (exact) mass is 507 g/mol. The molecule has 6 rings (SSSR count). The highest BCUT2D eigenvalue weighted by atomic mass is 16.5. The highest BCUT2D eigenvalue weighted by Crippen LogP contribution is 2.32. The fraction of sp³-hybridized carbons (Fsp3) is 0.281. The van der Waals surface area contributed by atoms with E-state index in [1.807, 2.05) is 12.1 Å². The van der Waals surface area contributed by atoms with E-state index in [0.717, 1.165) is 92.0 Å². The Kier molecular flexibility index (Phi) is 7.25. The van der Waals surface area contributed by atoms with E-state index in [-0.39, 0.29) is 0 Å². The number of benzene rings is 3. The summed E-state index contributed by atoms with van der Waals surface area (Å²) < 4.78 is 16.4. The summed E-state index contributed by atoms with van der Waals surface area (Å²) in [5.41, 5.74) is 8.82. The van der Waals surface area contributed by atoms with Gasteiger partial charge in [0.25, 0.3) is 0 Å². The van der Waals surface area contributed by atoms with E-state index in [4.69, 9.17) is 19.2 Å². The van der Waals surface area contributed by atoms with Crippen molar-refractivity contribution < 1.29 is 14.2 Å². The molecule has 1 aromatic heterocycles. The molecule has 0 atom stereocenters. The molecule has 0 saturated carbocycles. The molecule has 0 spiro atoms. The maximum Gasteiger partial charge on any atom is 0.118 e. The number of morpholine rings is 2. The Morgan fingerprint density at radius 1 is 0.553 bits per heavy atom. The second-order valence-corrected chi connectivity index (χ2v) is 9.65. The lowest BCUT2D eigenvalue weighted by molar-refractivity contribution is 0.122. The summed E-state index contributed by atoms with van der Waals surface area (Å²) >= 11 is 0. The molecule has 0 N–H and O–H groups in total. The molecule has 3 aromatic carbocycles. The van der Waals surface area contributed by atoms with Crippen LogP contribution in [0.3, 0.4) is 0 Å². The van der Waals surface area contributed by atoms with Crippen molar-refractivity contribution in [1.82, 2.24) is 4.98 Å². The molecule has 3 heterocycles. The van der Waals surface area contributed by atoms with Crippen molar-refractivity contribution in [3.8, 4) is 39.4 Å². The number of anilines is 2. The first-order valence-corrected chi connectivity index (χ1v) is 13.3. The van der Waals surface area contributed by atoms with Gasteiger partial charge in [-0.2, -0.15) is 0 Å². The normalized spacial score (nSPS) is 15.9. The molecule has 38 heavy (non-hydrogen) atoms. The maximum absolute atomic E-state index is 5.51. The average molecular weight is 508 g/mol. The summed E-state index contributed by atoms with van der Waals surface area (Å²) in [7, 11) is 1.69. The summed E-state index contributed by atoms with van der Waals surface area (Å²) in [6.45, 7) is 6.82. The predicted molar refractivity (Wildman–Crippen MR) is 153 cm³/mol. The number of methoxy groups -OCH3 is 1. The van der Waals surface area contributed by atoms with Crippen LogP contribution in [0.4, 0.5) is 11.4 Å². The Labute approximate surface area is 224 Å². The Morgan fingerprint density at radius 2 is 0.974 bits per heavy atom. The predicted octanol–water partition coefficient (Wildman–Crippen LogP) is 5.76. The molecular formula is C32H33N3O3. The number of aromatic nitrogens is 1. The largest absolute Gasteiger partial charge is 0.497 e. The maximum atomic E-state index is 5.51. The molecule has 2 aliphatic rings. The van der Waals surface area contributed by atoms with Gasteiger partial charge in [0.2, 0.25) is 0 Å². The van der Waals surface area contributed by atoms with Crippen molar-refractivity contribution in [2.75, 3.05) is 69.5 Å². The summed E-state index contributed by atoms with van der Waals surface area (Å²) in [6.07, 6.45) is 0. The van der Waals surface area contributed by atoms with E-state index in [0.29, 0.717) is 0 Å². The summed E-state index contributed by atoms with van der Waals surface area (Å²) in [6, 6.07) is 30.0. The highest BCUT2D eigenvalue weighted by Gasteiger charge is 2.14. The quantitative estimate of drug-likeness (QED) is 0.331. The smallest absolute Gasteiger partial charge is 0.118 e.